The van der Waals surface area contributed by atoms with Crippen LogP contribution in [-0.4, -0.2) is 39.4 Å². The third-order valence-electron chi connectivity index (χ3n) is 4.67. The summed E-state index contributed by atoms with van der Waals surface area (Å²) in [5, 5.41) is 3.74. The largest absolute Gasteiger partial charge is 0.381 e. The third-order valence-corrected chi connectivity index (χ3v) is 4.67. The van der Waals surface area contributed by atoms with Gasteiger partial charge in [-0.3, -0.25) is 0 Å². The van der Waals surface area contributed by atoms with Crippen LogP contribution in [0.4, 0.5) is 5.69 Å². The van der Waals surface area contributed by atoms with Gasteiger partial charge >= 0.3 is 0 Å². The molecule has 0 bridgehead atoms. The summed E-state index contributed by atoms with van der Waals surface area (Å²) in [5.41, 5.74) is 1.68. The summed E-state index contributed by atoms with van der Waals surface area (Å²) in [6, 6.07) is 11.5. The number of rotatable bonds is 6. The van der Waals surface area contributed by atoms with E-state index in [1.165, 1.54) is 31.4 Å². The van der Waals surface area contributed by atoms with Crippen molar-refractivity contribution in [3.05, 3.63) is 30.3 Å². The molecule has 3 nitrogen and oxygen atoms in total. The molecule has 1 saturated carbocycles. The van der Waals surface area contributed by atoms with Gasteiger partial charge in [-0.05, 0) is 37.8 Å². The molecular weight excluding hydrogens is 248 g/mol. The maximum atomic E-state index is 5.59. The van der Waals surface area contributed by atoms with Gasteiger partial charge in [0.1, 0.15) is 0 Å². The van der Waals surface area contributed by atoms with Gasteiger partial charge in [-0.15, -0.1) is 0 Å². The number of para-hydroxylation sites is 1. The molecule has 2 aliphatic rings. The zero-order chi connectivity index (χ0) is 13.8. The van der Waals surface area contributed by atoms with E-state index in [9.17, 15) is 0 Å². The molecule has 0 aromatic heterocycles. The van der Waals surface area contributed by atoms with Crippen LogP contribution in [0.1, 0.15) is 25.7 Å². The molecule has 3 rings (SSSR count). The van der Waals surface area contributed by atoms with Crippen molar-refractivity contribution < 1.29 is 4.74 Å². The fourth-order valence-electron chi connectivity index (χ4n) is 3.12. The van der Waals surface area contributed by atoms with Crippen LogP contribution in [-0.2, 0) is 4.74 Å². The number of hydrogen-bond donors (Lipinski definition) is 1. The average molecular weight is 274 g/mol. The first-order chi connectivity index (χ1) is 9.77. The fourth-order valence-corrected chi connectivity index (χ4v) is 3.12. The highest BCUT2D eigenvalue weighted by molar-refractivity contribution is 5.45. The molecule has 20 heavy (non-hydrogen) atoms. The van der Waals surface area contributed by atoms with Crippen molar-refractivity contribution in [2.75, 3.05) is 38.3 Å². The first-order valence-corrected chi connectivity index (χ1v) is 7.85. The second kappa shape index (κ2) is 6.15. The number of hydrogen-bond acceptors (Lipinski definition) is 3. The molecule has 0 atom stereocenters. The van der Waals surface area contributed by atoms with Crippen LogP contribution >= 0.6 is 0 Å². The molecule has 0 spiro atoms. The summed E-state index contributed by atoms with van der Waals surface area (Å²) >= 11 is 0. The molecule has 0 radical (unpaired) electrons. The number of ether oxygens (including phenoxy) is 1. The minimum atomic E-state index is 0.366. The van der Waals surface area contributed by atoms with Gasteiger partial charge in [0.15, 0.2) is 0 Å². The Kier molecular flexibility index (Phi) is 4.27. The summed E-state index contributed by atoms with van der Waals surface area (Å²) < 4.78 is 5.59. The van der Waals surface area contributed by atoms with Crippen LogP contribution in [0.3, 0.4) is 0 Å². The van der Waals surface area contributed by atoms with Crippen molar-refractivity contribution in [1.82, 2.24) is 5.32 Å². The van der Waals surface area contributed by atoms with Crippen LogP contribution < -0.4 is 10.2 Å². The molecule has 1 aliphatic heterocycles. The van der Waals surface area contributed by atoms with E-state index in [1.54, 1.807) is 0 Å². The Morgan fingerprint density at radius 3 is 2.55 bits per heavy atom. The van der Waals surface area contributed by atoms with Crippen LogP contribution in [0.2, 0.25) is 0 Å². The first kappa shape index (κ1) is 13.9. The van der Waals surface area contributed by atoms with Gasteiger partial charge in [0.25, 0.3) is 0 Å². The zero-order valence-electron chi connectivity index (χ0n) is 12.5. The maximum absolute atomic E-state index is 5.59. The number of benzene rings is 1. The summed E-state index contributed by atoms with van der Waals surface area (Å²) in [5.74, 6) is 0. The molecule has 2 fully saturated rings. The topological polar surface area (TPSA) is 24.5 Å². The predicted molar refractivity (Wildman–Crippen MR) is 83.2 cm³/mol. The standard InChI is InChI=1S/C17H26N2O/c1-19(16-5-3-2-4-6-16)14-17(9-11-20-12-10-17)13-18-15-7-8-15/h2-6,15,18H,7-14H2,1H3. The Labute approximate surface area is 122 Å². The van der Waals surface area contributed by atoms with E-state index in [-0.39, 0.29) is 0 Å². The van der Waals surface area contributed by atoms with Crippen molar-refractivity contribution >= 4 is 5.69 Å². The van der Waals surface area contributed by atoms with E-state index >= 15 is 0 Å². The molecule has 1 heterocycles. The molecule has 1 N–H and O–H groups in total. The van der Waals surface area contributed by atoms with Gasteiger partial charge in [-0.1, -0.05) is 18.2 Å². The van der Waals surface area contributed by atoms with E-state index in [4.69, 9.17) is 4.74 Å². The summed E-state index contributed by atoms with van der Waals surface area (Å²) in [4.78, 5) is 2.40. The Morgan fingerprint density at radius 2 is 1.90 bits per heavy atom. The molecule has 1 aromatic rings. The minimum Gasteiger partial charge on any atom is -0.381 e. The van der Waals surface area contributed by atoms with E-state index in [1.807, 2.05) is 0 Å². The second-order valence-electron chi connectivity index (χ2n) is 6.46. The van der Waals surface area contributed by atoms with Crippen molar-refractivity contribution in [3.8, 4) is 0 Å². The minimum absolute atomic E-state index is 0.366. The van der Waals surface area contributed by atoms with Gasteiger partial charge in [0, 0.05) is 50.5 Å². The highest BCUT2D eigenvalue weighted by atomic mass is 16.5. The lowest BCUT2D eigenvalue weighted by molar-refractivity contribution is 0.0186. The lowest BCUT2D eigenvalue weighted by Gasteiger charge is -2.41. The molecule has 0 amide bonds. The third kappa shape index (κ3) is 3.53. The molecule has 0 unspecified atom stereocenters. The lowest BCUT2D eigenvalue weighted by atomic mass is 9.79. The molecule has 3 heteroatoms. The van der Waals surface area contributed by atoms with E-state index < -0.39 is 0 Å². The molecule has 1 saturated heterocycles. The van der Waals surface area contributed by atoms with Gasteiger partial charge in [0.05, 0.1) is 0 Å². The molecule has 1 aliphatic carbocycles. The lowest BCUT2D eigenvalue weighted by Crippen LogP contribution is -2.47. The van der Waals surface area contributed by atoms with Crippen LogP contribution in [0.25, 0.3) is 0 Å². The predicted octanol–water partition coefficient (Wildman–Crippen LogP) is 2.67. The molecule has 1 aromatic carbocycles. The van der Waals surface area contributed by atoms with E-state index in [0.717, 1.165) is 32.3 Å². The van der Waals surface area contributed by atoms with Crippen LogP contribution in [0.15, 0.2) is 30.3 Å². The van der Waals surface area contributed by atoms with Crippen molar-refractivity contribution in [2.24, 2.45) is 5.41 Å². The smallest absolute Gasteiger partial charge is 0.0472 e. The summed E-state index contributed by atoms with van der Waals surface area (Å²) in [6.07, 6.45) is 5.07. The quantitative estimate of drug-likeness (QED) is 0.863. The number of anilines is 1. The van der Waals surface area contributed by atoms with Crippen molar-refractivity contribution in [3.63, 3.8) is 0 Å². The van der Waals surface area contributed by atoms with E-state index in [2.05, 4.69) is 47.6 Å². The average Bonchev–Trinajstić information content (AvgIpc) is 3.31. The Hall–Kier alpha value is -1.06. The van der Waals surface area contributed by atoms with Crippen molar-refractivity contribution in [1.29, 1.82) is 0 Å². The van der Waals surface area contributed by atoms with Gasteiger partial charge in [0.2, 0.25) is 0 Å². The zero-order valence-corrected chi connectivity index (χ0v) is 12.5. The highest BCUT2D eigenvalue weighted by Gasteiger charge is 2.35. The normalized spacial score (nSPS) is 21.6. The highest BCUT2D eigenvalue weighted by Crippen LogP contribution is 2.33. The first-order valence-electron chi connectivity index (χ1n) is 7.85. The van der Waals surface area contributed by atoms with E-state index in [0.29, 0.717) is 5.41 Å². The Bertz CT molecular complexity index is 410. The number of nitrogens with zero attached hydrogens (tertiary/aromatic N) is 1. The van der Waals surface area contributed by atoms with Gasteiger partial charge < -0.3 is 15.0 Å². The van der Waals surface area contributed by atoms with Crippen LogP contribution in [0.5, 0.6) is 0 Å². The summed E-state index contributed by atoms with van der Waals surface area (Å²) in [6.45, 7) is 4.07. The molecule has 110 valence electrons. The monoisotopic (exact) mass is 274 g/mol. The van der Waals surface area contributed by atoms with Gasteiger partial charge in [-0.25, -0.2) is 0 Å². The SMILES string of the molecule is CN(CC1(CNC2CC2)CCOCC1)c1ccccc1. The summed E-state index contributed by atoms with van der Waals surface area (Å²) in [7, 11) is 2.21. The Balaban J connectivity index is 1.65. The number of nitrogens with one attached hydrogen (secondary N) is 1. The Morgan fingerprint density at radius 1 is 1.20 bits per heavy atom. The molecular formula is C17H26N2O. The maximum Gasteiger partial charge on any atom is 0.0472 e. The van der Waals surface area contributed by atoms with Crippen LogP contribution in [0, 0.1) is 5.41 Å². The van der Waals surface area contributed by atoms with Gasteiger partial charge in [-0.2, -0.15) is 0 Å². The van der Waals surface area contributed by atoms with Crippen molar-refractivity contribution in [2.45, 2.75) is 31.7 Å². The second-order valence-corrected chi connectivity index (χ2v) is 6.46. The fraction of sp³-hybridized carbons (Fsp3) is 0.647.